The minimum absolute atomic E-state index is 0.239. The summed E-state index contributed by atoms with van der Waals surface area (Å²) in [5, 5.41) is 2.77. The Morgan fingerprint density at radius 3 is 2.81 bits per heavy atom. The second-order valence-corrected chi connectivity index (χ2v) is 4.63. The van der Waals surface area contributed by atoms with Crippen molar-refractivity contribution in [2.45, 2.75) is 6.42 Å². The third-order valence-electron chi connectivity index (χ3n) is 3.12. The van der Waals surface area contributed by atoms with E-state index in [-0.39, 0.29) is 17.5 Å². The van der Waals surface area contributed by atoms with Crippen LogP contribution in [0.5, 0.6) is 0 Å². The van der Waals surface area contributed by atoms with E-state index in [4.69, 9.17) is 4.42 Å². The standard InChI is InChI=1S/C16H13FN2O2/c17-12-5-3-11(4-6-12)7-9-19-16(20)15-10-13-14(21-15)2-1-8-18-13/h1-6,8,10H,7,9H2,(H,19,20). The van der Waals surface area contributed by atoms with Crippen LogP contribution in [0.1, 0.15) is 16.1 Å². The number of hydrogen-bond donors (Lipinski definition) is 1. The Bertz CT molecular complexity index is 732. The van der Waals surface area contributed by atoms with Crippen molar-refractivity contribution in [3.63, 3.8) is 0 Å². The monoisotopic (exact) mass is 284 g/mol. The van der Waals surface area contributed by atoms with Crippen LogP contribution in [0.3, 0.4) is 0 Å². The maximum absolute atomic E-state index is 12.8. The molecule has 0 aliphatic rings. The molecule has 0 unspecified atom stereocenters. The van der Waals surface area contributed by atoms with Gasteiger partial charge in [-0.25, -0.2) is 4.39 Å². The van der Waals surface area contributed by atoms with E-state index < -0.39 is 0 Å². The number of fused-ring (bicyclic) bond motifs is 1. The lowest BCUT2D eigenvalue weighted by molar-refractivity contribution is 0.0928. The van der Waals surface area contributed by atoms with Crippen LogP contribution in [0.15, 0.2) is 53.1 Å². The molecule has 5 heteroatoms. The van der Waals surface area contributed by atoms with Crippen molar-refractivity contribution in [1.82, 2.24) is 10.3 Å². The Morgan fingerprint density at radius 1 is 1.24 bits per heavy atom. The average molecular weight is 284 g/mol. The van der Waals surface area contributed by atoms with Gasteiger partial charge >= 0.3 is 0 Å². The molecule has 21 heavy (non-hydrogen) atoms. The normalized spacial score (nSPS) is 10.7. The van der Waals surface area contributed by atoms with Crippen molar-refractivity contribution >= 4 is 17.0 Å². The van der Waals surface area contributed by atoms with Crippen LogP contribution in [0.2, 0.25) is 0 Å². The van der Waals surface area contributed by atoms with Gasteiger partial charge in [-0.2, -0.15) is 0 Å². The quantitative estimate of drug-likeness (QED) is 0.801. The number of nitrogens with one attached hydrogen (secondary N) is 1. The third-order valence-corrected chi connectivity index (χ3v) is 3.12. The number of hydrogen-bond acceptors (Lipinski definition) is 3. The van der Waals surface area contributed by atoms with Crippen molar-refractivity contribution in [1.29, 1.82) is 0 Å². The lowest BCUT2D eigenvalue weighted by atomic mass is 10.1. The number of amides is 1. The number of furan rings is 1. The summed E-state index contributed by atoms with van der Waals surface area (Å²) in [5.74, 6) is -0.310. The minimum Gasteiger partial charge on any atom is -0.449 e. The molecule has 3 rings (SSSR count). The zero-order chi connectivity index (χ0) is 14.7. The molecule has 2 heterocycles. The highest BCUT2D eigenvalue weighted by molar-refractivity contribution is 5.95. The maximum Gasteiger partial charge on any atom is 0.287 e. The van der Waals surface area contributed by atoms with Crippen molar-refractivity contribution in [3.8, 4) is 0 Å². The summed E-state index contributed by atoms with van der Waals surface area (Å²) in [7, 11) is 0. The Hall–Kier alpha value is -2.69. The summed E-state index contributed by atoms with van der Waals surface area (Å²) < 4.78 is 18.2. The second-order valence-electron chi connectivity index (χ2n) is 4.63. The smallest absolute Gasteiger partial charge is 0.287 e. The van der Waals surface area contributed by atoms with Gasteiger partial charge < -0.3 is 9.73 Å². The van der Waals surface area contributed by atoms with Crippen molar-refractivity contribution in [2.24, 2.45) is 0 Å². The number of carbonyl (C=O) groups is 1. The van der Waals surface area contributed by atoms with Gasteiger partial charge in [-0.1, -0.05) is 12.1 Å². The fraction of sp³-hybridized carbons (Fsp3) is 0.125. The molecule has 0 atom stereocenters. The summed E-state index contributed by atoms with van der Waals surface area (Å²) in [4.78, 5) is 16.1. The molecule has 0 saturated carbocycles. The predicted molar refractivity (Wildman–Crippen MR) is 76.4 cm³/mol. The number of aromatic nitrogens is 1. The van der Waals surface area contributed by atoms with Crippen molar-refractivity contribution in [2.75, 3.05) is 6.54 Å². The van der Waals surface area contributed by atoms with Gasteiger partial charge in [-0.05, 0) is 36.2 Å². The fourth-order valence-electron chi connectivity index (χ4n) is 2.04. The van der Waals surface area contributed by atoms with E-state index in [1.54, 1.807) is 36.5 Å². The van der Waals surface area contributed by atoms with Crippen LogP contribution < -0.4 is 5.32 Å². The van der Waals surface area contributed by atoms with E-state index in [0.29, 0.717) is 24.1 Å². The van der Waals surface area contributed by atoms with Crippen LogP contribution in [-0.2, 0) is 6.42 Å². The highest BCUT2D eigenvalue weighted by Crippen LogP contribution is 2.16. The third kappa shape index (κ3) is 3.08. The summed E-state index contributed by atoms with van der Waals surface area (Å²) in [6.45, 7) is 0.453. The van der Waals surface area contributed by atoms with Gasteiger partial charge in [0, 0.05) is 18.8 Å². The molecular weight excluding hydrogens is 271 g/mol. The first-order valence-electron chi connectivity index (χ1n) is 6.59. The van der Waals surface area contributed by atoms with Crippen LogP contribution >= 0.6 is 0 Å². The van der Waals surface area contributed by atoms with Gasteiger partial charge in [0.05, 0.1) is 0 Å². The van der Waals surface area contributed by atoms with Gasteiger partial charge in [0.25, 0.3) is 5.91 Å². The van der Waals surface area contributed by atoms with Crippen LogP contribution in [0.25, 0.3) is 11.1 Å². The lowest BCUT2D eigenvalue weighted by Gasteiger charge is -2.03. The van der Waals surface area contributed by atoms with Crippen LogP contribution in [0, 0.1) is 5.82 Å². The number of benzene rings is 1. The maximum atomic E-state index is 12.8. The highest BCUT2D eigenvalue weighted by Gasteiger charge is 2.11. The second kappa shape index (κ2) is 5.75. The van der Waals surface area contributed by atoms with Crippen LogP contribution in [-0.4, -0.2) is 17.4 Å². The molecule has 0 spiro atoms. The molecule has 1 amide bonds. The topological polar surface area (TPSA) is 55.1 Å². The van der Waals surface area contributed by atoms with E-state index in [1.165, 1.54) is 12.1 Å². The Kier molecular flexibility index (Phi) is 3.64. The number of rotatable bonds is 4. The van der Waals surface area contributed by atoms with Gasteiger partial charge in [0.1, 0.15) is 11.3 Å². The van der Waals surface area contributed by atoms with E-state index in [0.717, 1.165) is 5.56 Å². The van der Waals surface area contributed by atoms with Crippen LogP contribution in [0.4, 0.5) is 4.39 Å². The first kappa shape index (κ1) is 13.3. The van der Waals surface area contributed by atoms with Gasteiger partial charge in [0.2, 0.25) is 0 Å². The van der Waals surface area contributed by atoms with Crippen molar-refractivity contribution in [3.05, 3.63) is 65.8 Å². The molecule has 3 aromatic rings. The Labute approximate surface area is 120 Å². The summed E-state index contributed by atoms with van der Waals surface area (Å²) in [6, 6.07) is 11.3. The average Bonchev–Trinajstić information content (AvgIpc) is 2.93. The molecule has 4 nitrogen and oxygen atoms in total. The number of halogens is 1. The predicted octanol–water partition coefficient (Wildman–Crippen LogP) is 2.94. The van der Waals surface area contributed by atoms with E-state index in [1.807, 2.05) is 0 Å². The molecule has 1 aromatic carbocycles. The Balaban J connectivity index is 1.60. The molecule has 2 aromatic heterocycles. The van der Waals surface area contributed by atoms with Crippen molar-refractivity contribution < 1.29 is 13.6 Å². The molecule has 0 fully saturated rings. The van der Waals surface area contributed by atoms with Gasteiger partial charge in [-0.3, -0.25) is 9.78 Å². The molecule has 0 saturated heterocycles. The lowest BCUT2D eigenvalue weighted by Crippen LogP contribution is -2.25. The zero-order valence-corrected chi connectivity index (χ0v) is 11.2. The largest absolute Gasteiger partial charge is 0.449 e. The first-order valence-corrected chi connectivity index (χ1v) is 6.59. The Morgan fingerprint density at radius 2 is 2.05 bits per heavy atom. The number of nitrogens with zero attached hydrogens (tertiary/aromatic N) is 1. The number of carbonyl (C=O) groups excluding carboxylic acids is 1. The summed E-state index contributed by atoms with van der Waals surface area (Å²) in [5.41, 5.74) is 2.20. The van der Waals surface area contributed by atoms with E-state index in [2.05, 4.69) is 10.3 Å². The molecule has 0 bridgehead atoms. The minimum atomic E-state index is -0.282. The molecule has 0 aliphatic heterocycles. The molecular formula is C16H13FN2O2. The first-order chi connectivity index (χ1) is 10.2. The SMILES string of the molecule is O=C(NCCc1ccc(F)cc1)c1cc2ncccc2o1. The van der Waals surface area contributed by atoms with Gasteiger partial charge in [-0.15, -0.1) is 0 Å². The summed E-state index contributed by atoms with van der Waals surface area (Å²) >= 11 is 0. The molecule has 0 aliphatic carbocycles. The molecule has 1 N–H and O–H groups in total. The zero-order valence-electron chi connectivity index (χ0n) is 11.2. The number of pyridine rings is 1. The van der Waals surface area contributed by atoms with E-state index >= 15 is 0 Å². The van der Waals surface area contributed by atoms with Gasteiger partial charge in [0.15, 0.2) is 11.3 Å². The highest BCUT2D eigenvalue weighted by atomic mass is 19.1. The van der Waals surface area contributed by atoms with E-state index in [9.17, 15) is 9.18 Å². The summed E-state index contributed by atoms with van der Waals surface area (Å²) in [6.07, 6.45) is 2.28. The molecule has 0 radical (unpaired) electrons. The fourth-order valence-corrected chi connectivity index (χ4v) is 2.04. The molecule has 106 valence electrons.